The molecule has 0 unspecified atom stereocenters. The summed E-state index contributed by atoms with van der Waals surface area (Å²) >= 11 is 0. The average Bonchev–Trinajstić information content (AvgIpc) is 2.36. The number of hydrogen-bond donors (Lipinski definition) is 0. The molecule has 0 bridgehead atoms. The third kappa shape index (κ3) is 1.82. The third-order valence-corrected chi connectivity index (χ3v) is 2.68. The number of benzene rings is 1. The largest absolute Gasteiger partial charge is 0.465 e. The van der Waals surface area contributed by atoms with Crippen molar-refractivity contribution < 1.29 is 9.53 Å². The second-order valence-electron chi connectivity index (χ2n) is 3.65. The molecule has 0 aromatic heterocycles. The molecule has 0 saturated heterocycles. The van der Waals surface area contributed by atoms with Gasteiger partial charge in [0.05, 0.1) is 19.2 Å². The van der Waals surface area contributed by atoms with Crippen molar-refractivity contribution in [2.75, 3.05) is 7.11 Å². The van der Waals surface area contributed by atoms with Gasteiger partial charge >= 0.3 is 5.97 Å². The summed E-state index contributed by atoms with van der Waals surface area (Å²) < 4.78 is 4.67. The number of hydrogen-bond acceptors (Lipinski definition) is 2. The van der Waals surface area contributed by atoms with Crippen LogP contribution in [0.25, 0.3) is 10.9 Å². The Labute approximate surface area is 94.2 Å². The second-order valence-corrected chi connectivity index (χ2v) is 3.65. The Bertz CT molecular complexity index is 509. The summed E-state index contributed by atoms with van der Waals surface area (Å²) in [6.07, 6.45) is 3.45. The van der Waals surface area contributed by atoms with Gasteiger partial charge in [-0.25, -0.2) is 9.64 Å². The zero-order valence-electron chi connectivity index (χ0n) is 8.99. The minimum absolute atomic E-state index is 0.317. The van der Waals surface area contributed by atoms with E-state index in [9.17, 15) is 4.79 Å². The zero-order chi connectivity index (χ0) is 11.5. The molecule has 0 fully saturated rings. The van der Waals surface area contributed by atoms with Crippen molar-refractivity contribution in [3.05, 3.63) is 52.0 Å². The average molecular weight is 213 g/mol. The Morgan fingerprint density at radius 1 is 1.44 bits per heavy atom. The normalized spacial score (nSPS) is 13.4. The van der Waals surface area contributed by atoms with E-state index in [0.717, 1.165) is 29.7 Å². The Hall–Kier alpha value is -2.08. The van der Waals surface area contributed by atoms with Crippen LogP contribution in [0.4, 0.5) is 0 Å². The van der Waals surface area contributed by atoms with Crippen LogP contribution >= 0.6 is 0 Å². The predicted octanol–water partition coefficient (Wildman–Crippen LogP) is 2.68. The highest BCUT2D eigenvalue weighted by Crippen LogP contribution is 2.25. The summed E-state index contributed by atoms with van der Waals surface area (Å²) in [5.74, 6) is -0.317. The molecule has 0 amide bonds. The van der Waals surface area contributed by atoms with Crippen molar-refractivity contribution in [3.8, 4) is 0 Å². The first kappa shape index (κ1) is 10.4. The van der Waals surface area contributed by atoms with E-state index in [-0.39, 0.29) is 5.97 Å². The van der Waals surface area contributed by atoms with Gasteiger partial charge in [0.1, 0.15) is 0 Å². The molecule has 0 radical (unpaired) electrons. The van der Waals surface area contributed by atoms with Gasteiger partial charge in [-0.05, 0) is 36.1 Å². The number of carbonyl (C=O) groups is 1. The minimum Gasteiger partial charge on any atom is -0.465 e. The monoisotopic (exact) mass is 213 g/mol. The van der Waals surface area contributed by atoms with Crippen LogP contribution < -0.4 is 0 Å². The molecule has 1 aromatic rings. The van der Waals surface area contributed by atoms with Gasteiger partial charge < -0.3 is 4.74 Å². The lowest BCUT2D eigenvalue weighted by atomic mass is 9.94. The molecular weight excluding hydrogens is 202 g/mol. The molecule has 0 spiro atoms. The number of rotatable bonds is 1. The Morgan fingerprint density at radius 3 is 2.94 bits per heavy atom. The van der Waals surface area contributed by atoms with Crippen LogP contribution in [-0.2, 0) is 11.2 Å². The first-order valence-corrected chi connectivity index (χ1v) is 5.04. The summed E-state index contributed by atoms with van der Waals surface area (Å²) in [6, 6.07) is 5.44. The van der Waals surface area contributed by atoms with Gasteiger partial charge in [-0.15, -0.1) is 0 Å². The fourth-order valence-corrected chi connectivity index (χ4v) is 1.81. The van der Waals surface area contributed by atoms with Crippen LogP contribution in [0.1, 0.15) is 27.9 Å². The quantitative estimate of drug-likeness (QED) is 0.530. The molecule has 2 rings (SSSR count). The Morgan fingerprint density at radius 2 is 2.25 bits per heavy atom. The third-order valence-electron chi connectivity index (χ3n) is 2.68. The fraction of sp³-hybridized carbons (Fsp3) is 0.231. The molecule has 16 heavy (non-hydrogen) atoms. The molecule has 1 aromatic carbocycles. The van der Waals surface area contributed by atoms with Crippen LogP contribution in [0.5, 0.6) is 0 Å². The van der Waals surface area contributed by atoms with Crippen LogP contribution in [-0.4, -0.2) is 13.1 Å². The molecule has 1 aliphatic carbocycles. The van der Waals surface area contributed by atoms with Gasteiger partial charge in [-0.2, -0.15) is 0 Å². The van der Waals surface area contributed by atoms with E-state index in [0.29, 0.717) is 5.56 Å². The van der Waals surface area contributed by atoms with E-state index < -0.39 is 0 Å². The van der Waals surface area contributed by atoms with Crippen molar-refractivity contribution in [1.29, 1.82) is 0 Å². The molecule has 0 N–H and O–H groups in total. The van der Waals surface area contributed by atoms with Crippen LogP contribution in [0.15, 0.2) is 23.9 Å². The van der Waals surface area contributed by atoms with E-state index >= 15 is 0 Å². The van der Waals surface area contributed by atoms with Gasteiger partial charge in [-0.1, -0.05) is 12.1 Å². The highest BCUT2D eigenvalue weighted by Gasteiger charge is 2.13. The number of ether oxygens (including phenoxy) is 1. The van der Waals surface area contributed by atoms with Crippen molar-refractivity contribution in [2.24, 2.45) is 0 Å². The topological polar surface area (TPSA) is 30.7 Å². The lowest BCUT2D eigenvalue weighted by Crippen LogP contribution is -2.04. The molecule has 3 nitrogen and oxygen atoms in total. The van der Waals surface area contributed by atoms with Crippen LogP contribution in [0.3, 0.4) is 0 Å². The molecular formula is C13H11NO2. The highest BCUT2D eigenvalue weighted by atomic mass is 16.5. The molecule has 0 atom stereocenters. The van der Waals surface area contributed by atoms with E-state index in [1.165, 1.54) is 7.11 Å². The summed E-state index contributed by atoms with van der Waals surface area (Å²) in [6.45, 7) is 6.96. The summed E-state index contributed by atoms with van der Waals surface area (Å²) in [7, 11) is 1.37. The van der Waals surface area contributed by atoms with Crippen molar-refractivity contribution in [3.63, 3.8) is 0 Å². The maximum atomic E-state index is 11.3. The molecule has 0 aliphatic heterocycles. The van der Waals surface area contributed by atoms with Gasteiger partial charge in [-0.3, -0.25) is 0 Å². The molecule has 80 valence electrons. The van der Waals surface area contributed by atoms with Crippen molar-refractivity contribution in [2.45, 2.75) is 12.8 Å². The van der Waals surface area contributed by atoms with Crippen LogP contribution in [0, 0.1) is 6.57 Å². The Balaban J connectivity index is 2.40. The van der Waals surface area contributed by atoms with Gasteiger partial charge in [0, 0.05) is 0 Å². The lowest BCUT2D eigenvalue weighted by molar-refractivity contribution is 0.0600. The minimum atomic E-state index is -0.317. The van der Waals surface area contributed by atoms with E-state index in [4.69, 9.17) is 6.57 Å². The maximum absolute atomic E-state index is 11.3. The maximum Gasteiger partial charge on any atom is 0.337 e. The smallest absolute Gasteiger partial charge is 0.337 e. The van der Waals surface area contributed by atoms with E-state index in [2.05, 4.69) is 9.58 Å². The summed E-state index contributed by atoms with van der Waals surface area (Å²) in [5.41, 5.74) is 3.49. The standard InChI is InChI=1S/C13H11NO2/c1-14-12-6-5-9-7-11(13(15)16-2)4-3-10(9)8-12/h3-4,7-8H,5-6H2,2H3. The summed E-state index contributed by atoms with van der Waals surface area (Å²) in [4.78, 5) is 14.8. The molecule has 3 heteroatoms. The zero-order valence-corrected chi connectivity index (χ0v) is 8.99. The number of aryl methyl sites for hydroxylation is 1. The van der Waals surface area contributed by atoms with E-state index in [1.807, 2.05) is 18.2 Å². The first-order chi connectivity index (χ1) is 7.74. The molecule has 0 heterocycles. The first-order valence-electron chi connectivity index (χ1n) is 5.04. The highest BCUT2D eigenvalue weighted by molar-refractivity contribution is 5.90. The van der Waals surface area contributed by atoms with Gasteiger partial charge in [0.2, 0.25) is 0 Å². The number of nitrogens with zero attached hydrogens (tertiary/aromatic N) is 1. The van der Waals surface area contributed by atoms with Crippen LogP contribution in [0.2, 0.25) is 0 Å². The fourth-order valence-electron chi connectivity index (χ4n) is 1.81. The van der Waals surface area contributed by atoms with E-state index in [1.54, 1.807) is 6.07 Å². The predicted molar refractivity (Wildman–Crippen MR) is 60.7 cm³/mol. The number of methoxy groups -OCH3 is 1. The number of fused-ring (bicyclic) bond motifs is 1. The van der Waals surface area contributed by atoms with Gasteiger partial charge in [0.15, 0.2) is 5.70 Å². The SMILES string of the molecule is [C-]#[N+]C1=Cc2ccc(C(=O)OC)cc2CC1. The van der Waals surface area contributed by atoms with Gasteiger partial charge in [0.25, 0.3) is 0 Å². The molecule has 0 saturated carbocycles. The van der Waals surface area contributed by atoms with Crippen molar-refractivity contribution >= 4 is 12.0 Å². The number of esters is 1. The lowest BCUT2D eigenvalue weighted by Gasteiger charge is -2.13. The Kier molecular flexibility index (Phi) is 2.74. The number of carbonyl (C=O) groups excluding carboxylic acids is 1. The number of allylic oxidation sites excluding steroid dienone is 1. The van der Waals surface area contributed by atoms with Crippen molar-refractivity contribution in [1.82, 2.24) is 0 Å². The second kappa shape index (κ2) is 4.19. The molecule has 1 aliphatic rings. The summed E-state index contributed by atoms with van der Waals surface area (Å²) in [5, 5.41) is 0.